The average molecular weight is 341 g/mol. The van der Waals surface area contributed by atoms with Gasteiger partial charge in [0.15, 0.2) is 0 Å². The Morgan fingerprint density at radius 2 is 2.21 bits per heavy atom. The van der Waals surface area contributed by atoms with Gasteiger partial charge in [0.1, 0.15) is 5.01 Å². The smallest absolute Gasteiger partial charge is 0.335 e. The van der Waals surface area contributed by atoms with Crippen LogP contribution in [0.1, 0.15) is 29.2 Å². The molecule has 0 atom stereocenters. The Morgan fingerprint density at radius 3 is 2.74 bits per heavy atom. The lowest BCUT2D eigenvalue weighted by molar-refractivity contribution is 0.0697. The fraction of sp³-hybridized carbons (Fsp3) is 0.231. The summed E-state index contributed by atoms with van der Waals surface area (Å²) in [6, 6.07) is 4.92. The van der Waals surface area contributed by atoms with Gasteiger partial charge in [-0.05, 0) is 48.0 Å². The lowest BCUT2D eigenvalue weighted by Crippen LogP contribution is -2.27. The molecule has 0 spiro atoms. The molecule has 0 amide bonds. The van der Waals surface area contributed by atoms with Crippen LogP contribution in [0.25, 0.3) is 0 Å². The average Bonchev–Trinajstić information content (AvgIpc) is 2.85. The SMILES string of the molecule is CC(C)(Nc1ccc(C(=O)O)cc1Br)c1nccs1. The minimum atomic E-state index is -0.938. The lowest BCUT2D eigenvalue weighted by Gasteiger charge is -2.26. The molecule has 1 aromatic heterocycles. The Hall–Kier alpha value is -1.40. The molecule has 1 aromatic carbocycles. The summed E-state index contributed by atoms with van der Waals surface area (Å²) in [5.41, 5.74) is 0.774. The van der Waals surface area contributed by atoms with Crippen LogP contribution in [-0.4, -0.2) is 16.1 Å². The third-order valence-corrected chi connectivity index (χ3v) is 4.38. The molecule has 4 nitrogen and oxygen atoms in total. The molecular weight excluding hydrogens is 328 g/mol. The molecule has 0 aliphatic rings. The van der Waals surface area contributed by atoms with Gasteiger partial charge in [-0.25, -0.2) is 9.78 Å². The zero-order chi connectivity index (χ0) is 14.0. The minimum absolute atomic E-state index is 0.254. The Labute approximate surface area is 123 Å². The molecule has 100 valence electrons. The van der Waals surface area contributed by atoms with E-state index in [0.29, 0.717) is 0 Å². The third-order valence-electron chi connectivity index (χ3n) is 2.63. The van der Waals surface area contributed by atoms with Gasteiger partial charge in [0.25, 0.3) is 0 Å². The second-order valence-corrected chi connectivity index (χ2v) is 6.34. The summed E-state index contributed by atoms with van der Waals surface area (Å²) in [7, 11) is 0. The monoisotopic (exact) mass is 340 g/mol. The first-order valence-corrected chi connectivity index (χ1v) is 7.28. The second kappa shape index (κ2) is 5.30. The summed E-state index contributed by atoms with van der Waals surface area (Å²) in [5, 5.41) is 15.2. The van der Waals surface area contributed by atoms with Gasteiger partial charge in [-0.3, -0.25) is 0 Å². The molecule has 0 saturated heterocycles. The van der Waals surface area contributed by atoms with Crippen molar-refractivity contribution in [3.63, 3.8) is 0 Å². The first-order valence-electron chi connectivity index (χ1n) is 5.61. The highest BCUT2D eigenvalue weighted by Crippen LogP contribution is 2.31. The summed E-state index contributed by atoms with van der Waals surface area (Å²) in [6.45, 7) is 4.06. The molecule has 0 aliphatic heterocycles. The van der Waals surface area contributed by atoms with Crippen LogP contribution in [-0.2, 0) is 5.54 Å². The van der Waals surface area contributed by atoms with Gasteiger partial charge in [0.05, 0.1) is 11.1 Å². The number of nitrogens with zero attached hydrogens (tertiary/aromatic N) is 1. The summed E-state index contributed by atoms with van der Waals surface area (Å²) in [5.74, 6) is -0.938. The van der Waals surface area contributed by atoms with Crippen molar-refractivity contribution in [1.29, 1.82) is 0 Å². The van der Waals surface area contributed by atoms with Gasteiger partial charge in [-0.1, -0.05) is 0 Å². The van der Waals surface area contributed by atoms with Crippen molar-refractivity contribution >= 4 is 38.9 Å². The standard InChI is InChI=1S/C13H13BrN2O2S/c1-13(2,12-15-5-6-19-12)16-10-4-3-8(11(17)18)7-9(10)14/h3-7,16H,1-2H3,(H,17,18). The van der Waals surface area contributed by atoms with E-state index < -0.39 is 5.97 Å². The summed E-state index contributed by atoms with van der Waals surface area (Å²) in [4.78, 5) is 15.2. The van der Waals surface area contributed by atoms with Gasteiger partial charge >= 0.3 is 5.97 Å². The fourth-order valence-electron chi connectivity index (χ4n) is 1.67. The molecule has 2 N–H and O–H groups in total. The van der Waals surface area contributed by atoms with Crippen LogP contribution in [0.3, 0.4) is 0 Å². The van der Waals surface area contributed by atoms with Crippen molar-refractivity contribution in [3.05, 3.63) is 44.8 Å². The van der Waals surface area contributed by atoms with Crippen LogP contribution in [0, 0.1) is 0 Å². The van der Waals surface area contributed by atoms with E-state index in [-0.39, 0.29) is 11.1 Å². The number of hydrogen-bond acceptors (Lipinski definition) is 4. The Kier molecular flexibility index (Phi) is 3.91. The first kappa shape index (κ1) is 14.0. The number of benzene rings is 1. The Bertz CT molecular complexity index is 597. The van der Waals surface area contributed by atoms with E-state index in [2.05, 4.69) is 26.2 Å². The Morgan fingerprint density at radius 1 is 1.47 bits per heavy atom. The van der Waals surface area contributed by atoms with Crippen LogP contribution in [0.5, 0.6) is 0 Å². The van der Waals surface area contributed by atoms with Crippen molar-refractivity contribution in [2.75, 3.05) is 5.32 Å². The van der Waals surface area contributed by atoms with E-state index in [0.717, 1.165) is 15.2 Å². The molecule has 1 heterocycles. The highest BCUT2D eigenvalue weighted by molar-refractivity contribution is 9.10. The van der Waals surface area contributed by atoms with E-state index in [1.807, 2.05) is 19.2 Å². The van der Waals surface area contributed by atoms with E-state index in [4.69, 9.17) is 5.11 Å². The number of aromatic carboxylic acids is 1. The normalized spacial score (nSPS) is 11.3. The molecule has 6 heteroatoms. The van der Waals surface area contributed by atoms with Crippen LogP contribution in [0.2, 0.25) is 0 Å². The number of carboxylic acids is 1. The highest BCUT2D eigenvalue weighted by Gasteiger charge is 2.24. The van der Waals surface area contributed by atoms with Crippen LogP contribution >= 0.6 is 27.3 Å². The predicted molar refractivity (Wildman–Crippen MR) is 79.9 cm³/mol. The maximum Gasteiger partial charge on any atom is 0.335 e. The van der Waals surface area contributed by atoms with Gasteiger partial charge < -0.3 is 10.4 Å². The van der Waals surface area contributed by atoms with Gasteiger partial charge in [-0.15, -0.1) is 11.3 Å². The fourth-order valence-corrected chi connectivity index (χ4v) is 2.87. The van der Waals surface area contributed by atoms with Crippen molar-refractivity contribution in [1.82, 2.24) is 4.98 Å². The van der Waals surface area contributed by atoms with Crippen molar-refractivity contribution in [2.45, 2.75) is 19.4 Å². The number of anilines is 1. The first-order chi connectivity index (χ1) is 8.90. The number of carboxylic acid groups (broad SMARTS) is 1. The number of nitrogens with one attached hydrogen (secondary N) is 1. The zero-order valence-electron chi connectivity index (χ0n) is 10.5. The van der Waals surface area contributed by atoms with Crippen LogP contribution in [0.15, 0.2) is 34.2 Å². The third kappa shape index (κ3) is 3.13. The Balaban J connectivity index is 2.27. The number of aromatic nitrogens is 1. The molecule has 0 bridgehead atoms. The maximum atomic E-state index is 10.9. The zero-order valence-corrected chi connectivity index (χ0v) is 12.9. The predicted octanol–water partition coefficient (Wildman–Crippen LogP) is 3.95. The molecular formula is C13H13BrN2O2S. The van der Waals surface area contributed by atoms with Crippen molar-refractivity contribution < 1.29 is 9.90 Å². The van der Waals surface area contributed by atoms with Crippen LogP contribution < -0.4 is 5.32 Å². The van der Waals surface area contributed by atoms with Crippen molar-refractivity contribution in [3.8, 4) is 0 Å². The number of rotatable bonds is 4. The summed E-state index contributed by atoms with van der Waals surface area (Å²) in [6.07, 6.45) is 1.77. The number of halogens is 1. The molecule has 0 saturated carbocycles. The molecule has 2 rings (SSSR count). The summed E-state index contributed by atoms with van der Waals surface area (Å²) < 4.78 is 0.719. The van der Waals surface area contributed by atoms with E-state index in [1.54, 1.807) is 35.7 Å². The minimum Gasteiger partial charge on any atom is -0.478 e. The molecule has 0 aliphatic carbocycles. The molecule has 19 heavy (non-hydrogen) atoms. The molecule has 2 aromatic rings. The second-order valence-electron chi connectivity index (χ2n) is 4.59. The van der Waals surface area contributed by atoms with Crippen LogP contribution in [0.4, 0.5) is 5.69 Å². The number of carbonyl (C=O) groups is 1. The number of thiazole rings is 1. The van der Waals surface area contributed by atoms with E-state index in [9.17, 15) is 4.79 Å². The maximum absolute atomic E-state index is 10.9. The summed E-state index contributed by atoms with van der Waals surface area (Å²) >= 11 is 4.97. The highest BCUT2D eigenvalue weighted by atomic mass is 79.9. The van der Waals surface area contributed by atoms with E-state index in [1.165, 1.54) is 0 Å². The van der Waals surface area contributed by atoms with Gasteiger partial charge in [-0.2, -0.15) is 0 Å². The van der Waals surface area contributed by atoms with Gasteiger partial charge in [0.2, 0.25) is 0 Å². The number of hydrogen-bond donors (Lipinski definition) is 2. The molecule has 0 radical (unpaired) electrons. The topological polar surface area (TPSA) is 62.2 Å². The largest absolute Gasteiger partial charge is 0.478 e. The quantitative estimate of drug-likeness (QED) is 0.884. The molecule has 0 fully saturated rings. The van der Waals surface area contributed by atoms with E-state index >= 15 is 0 Å². The van der Waals surface area contributed by atoms with Crippen molar-refractivity contribution in [2.24, 2.45) is 0 Å². The molecule has 0 unspecified atom stereocenters. The van der Waals surface area contributed by atoms with Gasteiger partial charge in [0, 0.05) is 21.7 Å². The lowest BCUT2D eigenvalue weighted by atomic mass is 10.1.